The van der Waals surface area contributed by atoms with Crippen LogP contribution in [0.3, 0.4) is 0 Å². The van der Waals surface area contributed by atoms with Crippen LogP contribution in [-0.4, -0.2) is 0 Å². The lowest BCUT2D eigenvalue weighted by atomic mass is 9.66. The summed E-state index contributed by atoms with van der Waals surface area (Å²) < 4.78 is 6.73. The number of benzene rings is 9. The Morgan fingerprint density at radius 1 is 0.317 bits per heavy atom. The van der Waals surface area contributed by atoms with Crippen LogP contribution in [0.15, 0.2) is 212 Å². The van der Waals surface area contributed by atoms with Crippen molar-refractivity contribution in [1.82, 2.24) is 0 Å². The van der Waals surface area contributed by atoms with Gasteiger partial charge in [-0.1, -0.05) is 172 Å². The van der Waals surface area contributed by atoms with Crippen LogP contribution in [0.1, 0.15) is 47.2 Å². The van der Waals surface area contributed by atoms with E-state index in [1.54, 1.807) is 0 Å². The fourth-order valence-electron chi connectivity index (χ4n) is 10.6. The second kappa shape index (κ2) is 13.0. The number of hydrogen-bond donors (Lipinski definition) is 0. The standard InChI is InChI=1S/C58H41NO/c1-57(2)49-20-10-9-19-45(49)48-36-43(31-34-50(48)57)59(42-28-25-40(26-29-42)38-15-5-3-6-16-38)44-30-32-46-47-35-41(39-17-7-4-8-18-39)27-33-51(47)58(54(46)37-44)52-21-11-13-23-55(52)60-56-24-14-12-22-53(56)58/h3-37H,1-2H3. The van der Waals surface area contributed by atoms with E-state index in [4.69, 9.17) is 4.74 Å². The summed E-state index contributed by atoms with van der Waals surface area (Å²) in [5, 5.41) is 0. The second-order valence-electron chi connectivity index (χ2n) is 16.8. The first kappa shape index (κ1) is 34.6. The maximum absolute atomic E-state index is 6.73. The van der Waals surface area contributed by atoms with Gasteiger partial charge in [-0.05, 0) is 121 Å². The van der Waals surface area contributed by atoms with Crippen LogP contribution < -0.4 is 9.64 Å². The summed E-state index contributed by atoms with van der Waals surface area (Å²) in [5.41, 5.74) is 20.1. The van der Waals surface area contributed by atoms with E-state index in [-0.39, 0.29) is 5.41 Å². The average molecular weight is 768 g/mol. The Kier molecular flexibility index (Phi) is 7.52. The molecule has 9 aromatic rings. The van der Waals surface area contributed by atoms with Crippen LogP contribution in [0.2, 0.25) is 0 Å². The number of fused-ring (bicyclic) bond motifs is 12. The van der Waals surface area contributed by atoms with Crippen molar-refractivity contribution in [3.05, 3.63) is 246 Å². The molecule has 284 valence electrons. The Bertz CT molecular complexity index is 3100. The van der Waals surface area contributed by atoms with Gasteiger partial charge in [0.25, 0.3) is 0 Å². The van der Waals surface area contributed by atoms with Crippen molar-refractivity contribution in [1.29, 1.82) is 0 Å². The van der Waals surface area contributed by atoms with Gasteiger partial charge in [-0.2, -0.15) is 0 Å². The highest BCUT2D eigenvalue weighted by molar-refractivity contribution is 5.94. The Hall–Kier alpha value is -7.42. The smallest absolute Gasteiger partial charge is 0.132 e. The highest BCUT2D eigenvalue weighted by atomic mass is 16.5. The van der Waals surface area contributed by atoms with Crippen LogP contribution in [0.25, 0.3) is 44.5 Å². The van der Waals surface area contributed by atoms with E-state index in [1.165, 1.54) is 66.8 Å². The molecular formula is C58H41NO. The van der Waals surface area contributed by atoms with Crippen LogP contribution in [0.5, 0.6) is 11.5 Å². The predicted octanol–water partition coefficient (Wildman–Crippen LogP) is 15.3. The highest BCUT2D eigenvalue weighted by Gasteiger charge is 2.51. The van der Waals surface area contributed by atoms with E-state index in [0.717, 1.165) is 39.7 Å². The molecule has 0 aromatic heterocycles. The molecule has 1 aliphatic heterocycles. The molecular weight excluding hydrogens is 727 g/mol. The van der Waals surface area contributed by atoms with Crippen molar-refractivity contribution < 1.29 is 4.74 Å². The highest BCUT2D eigenvalue weighted by Crippen LogP contribution is 2.63. The third kappa shape index (κ3) is 4.94. The zero-order valence-corrected chi connectivity index (χ0v) is 33.6. The van der Waals surface area contributed by atoms with E-state index in [1.807, 2.05) is 0 Å². The molecule has 1 spiro atoms. The van der Waals surface area contributed by atoms with Gasteiger partial charge in [-0.15, -0.1) is 0 Å². The number of rotatable bonds is 5. The number of nitrogens with zero attached hydrogens (tertiary/aromatic N) is 1. The fourth-order valence-corrected chi connectivity index (χ4v) is 10.6. The van der Waals surface area contributed by atoms with E-state index >= 15 is 0 Å². The van der Waals surface area contributed by atoms with Gasteiger partial charge in [0.05, 0.1) is 5.41 Å². The van der Waals surface area contributed by atoms with Gasteiger partial charge in [0.15, 0.2) is 0 Å². The van der Waals surface area contributed by atoms with Crippen molar-refractivity contribution in [3.63, 3.8) is 0 Å². The number of hydrogen-bond acceptors (Lipinski definition) is 2. The summed E-state index contributed by atoms with van der Waals surface area (Å²) >= 11 is 0. The van der Waals surface area contributed by atoms with Crippen LogP contribution in [0.4, 0.5) is 17.1 Å². The molecule has 0 unspecified atom stereocenters. The first-order valence-corrected chi connectivity index (χ1v) is 20.9. The summed E-state index contributed by atoms with van der Waals surface area (Å²) in [4.78, 5) is 2.45. The molecule has 0 saturated heterocycles. The molecule has 2 nitrogen and oxygen atoms in total. The first-order valence-electron chi connectivity index (χ1n) is 20.9. The van der Waals surface area contributed by atoms with Gasteiger partial charge in [0.1, 0.15) is 11.5 Å². The molecule has 0 atom stereocenters. The van der Waals surface area contributed by atoms with E-state index in [9.17, 15) is 0 Å². The van der Waals surface area contributed by atoms with Gasteiger partial charge in [0.2, 0.25) is 0 Å². The molecule has 0 amide bonds. The van der Waals surface area contributed by atoms with Crippen molar-refractivity contribution in [2.75, 3.05) is 4.90 Å². The molecule has 0 radical (unpaired) electrons. The predicted molar refractivity (Wildman–Crippen MR) is 247 cm³/mol. The molecule has 0 bridgehead atoms. The summed E-state index contributed by atoms with van der Waals surface area (Å²) in [6.45, 7) is 4.70. The zero-order valence-electron chi connectivity index (χ0n) is 33.6. The summed E-state index contributed by atoms with van der Waals surface area (Å²) in [5.74, 6) is 1.78. The van der Waals surface area contributed by atoms with Gasteiger partial charge >= 0.3 is 0 Å². The third-order valence-corrected chi connectivity index (χ3v) is 13.3. The SMILES string of the molecule is CC1(C)c2ccccc2-c2cc(N(c3ccc(-c4ccccc4)cc3)c3ccc4c(c3)C3(c5ccccc5Oc5ccccc53)c3ccc(-c5ccccc5)cc3-4)ccc21. The maximum atomic E-state index is 6.73. The van der Waals surface area contributed by atoms with Gasteiger partial charge in [-0.3, -0.25) is 0 Å². The van der Waals surface area contributed by atoms with Gasteiger partial charge < -0.3 is 9.64 Å². The Morgan fingerprint density at radius 2 is 0.783 bits per heavy atom. The van der Waals surface area contributed by atoms with Crippen molar-refractivity contribution in [2.45, 2.75) is 24.7 Å². The quantitative estimate of drug-likeness (QED) is 0.173. The molecule has 2 aliphatic carbocycles. The van der Waals surface area contributed by atoms with Crippen molar-refractivity contribution >= 4 is 17.1 Å². The molecule has 0 N–H and O–H groups in total. The van der Waals surface area contributed by atoms with Gasteiger partial charge in [0, 0.05) is 33.6 Å². The van der Waals surface area contributed by atoms with Crippen LogP contribution >= 0.6 is 0 Å². The zero-order chi connectivity index (χ0) is 40.0. The molecule has 0 saturated carbocycles. The molecule has 9 aromatic carbocycles. The van der Waals surface area contributed by atoms with E-state index in [2.05, 4.69) is 231 Å². The normalized spacial score (nSPS) is 14.2. The van der Waals surface area contributed by atoms with Gasteiger partial charge in [-0.25, -0.2) is 0 Å². The minimum absolute atomic E-state index is 0.0826. The summed E-state index contributed by atoms with van der Waals surface area (Å²) in [6.07, 6.45) is 0. The first-order chi connectivity index (χ1) is 29.5. The minimum Gasteiger partial charge on any atom is -0.457 e. The molecule has 3 aliphatic rings. The average Bonchev–Trinajstić information content (AvgIpc) is 3.71. The Balaban J connectivity index is 1.12. The summed E-state index contributed by atoms with van der Waals surface area (Å²) in [7, 11) is 0. The number of anilines is 3. The lowest BCUT2D eigenvalue weighted by Crippen LogP contribution is -2.32. The van der Waals surface area contributed by atoms with E-state index in [0.29, 0.717) is 0 Å². The molecule has 2 heteroatoms. The number of ether oxygens (including phenoxy) is 1. The molecule has 60 heavy (non-hydrogen) atoms. The van der Waals surface area contributed by atoms with Crippen molar-refractivity contribution in [2.24, 2.45) is 0 Å². The van der Waals surface area contributed by atoms with Crippen LogP contribution in [-0.2, 0) is 10.8 Å². The largest absolute Gasteiger partial charge is 0.457 e. The topological polar surface area (TPSA) is 12.5 Å². The molecule has 0 fully saturated rings. The molecule has 12 rings (SSSR count). The third-order valence-electron chi connectivity index (χ3n) is 13.3. The fraction of sp³-hybridized carbons (Fsp3) is 0.0690. The lowest BCUT2D eigenvalue weighted by molar-refractivity contribution is 0.436. The number of para-hydroxylation sites is 2. The Morgan fingerprint density at radius 3 is 1.48 bits per heavy atom. The molecule has 1 heterocycles. The van der Waals surface area contributed by atoms with E-state index < -0.39 is 5.41 Å². The van der Waals surface area contributed by atoms with Crippen molar-refractivity contribution in [3.8, 4) is 56.0 Å². The maximum Gasteiger partial charge on any atom is 0.132 e. The summed E-state index contributed by atoms with van der Waals surface area (Å²) in [6, 6.07) is 77.9. The Labute approximate surface area is 351 Å². The second-order valence-corrected chi connectivity index (χ2v) is 16.8. The monoisotopic (exact) mass is 767 g/mol. The minimum atomic E-state index is -0.606. The van der Waals surface area contributed by atoms with Crippen LogP contribution in [0, 0.1) is 0 Å². The lowest BCUT2D eigenvalue weighted by Gasteiger charge is -2.39.